The van der Waals surface area contributed by atoms with Gasteiger partial charge in [0.25, 0.3) is 0 Å². The Morgan fingerprint density at radius 2 is 2.12 bits per heavy atom. The smallest absolute Gasteiger partial charge is 0.306 e. The first kappa shape index (κ1) is 11.7. The molecule has 1 heterocycles. The van der Waals surface area contributed by atoms with Gasteiger partial charge < -0.3 is 9.67 Å². The first-order valence-electron chi connectivity index (χ1n) is 5.77. The van der Waals surface area contributed by atoms with Crippen molar-refractivity contribution in [2.75, 3.05) is 0 Å². The van der Waals surface area contributed by atoms with Crippen molar-refractivity contribution >= 4 is 16.9 Å². The van der Waals surface area contributed by atoms with Crippen LogP contribution in [-0.2, 0) is 18.3 Å². The summed E-state index contributed by atoms with van der Waals surface area (Å²) in [6.07, 6.45) is 0.583. The fourth-order valence-corrected chi connectivity index (χ4v) is 2.10. The molecule has 17 heavy (non-hydrogen) atoms. The number of carbonyl (C=O) groups is 1. The van der Waals surface area contributed by atoms with Gasteiger partial charge in [-0.3, -0.25) is 4.79 Å². The van der Waals surface area contributed by atoms with Crippen LogP contribution in [0.3, 0.4) is 0 Å². The number of benzene rings is 1. The number of carboxylic acid groups (broad SMARTS) is 1. The lowest BCUT2D eigenvalue weighted by atomic mass is 10.0. The van der Waals surface area contributed by atoms with Crippen LogP contribution in [0.15, 0.2) is 24.3 Å². The van der Waals surface area contributed by atoms with Gasteiger partial charge in [0.1, 0.15) is 0 Å². The molecule has 1 unspecified atom stereocenters. The first-order valence-corrected chi connectivity index (χ1v) is 5.77. The quantitative estimate of drug-likeness (QED) is 0.882. The standard InChI is InChI=1S/C14H17NO2/c1-9(14(16)17)6-11-4-5-13-12(8-11)7-10(2)15(13)3/h4-5,7-9H,6H2,1-3H3,(H,16,17). The highest BCUT2D eigenvalue weighted by Gasteiger charge is 2.12. The summed E-state index contributed by atoms with van der Waals surface area (Å²) in [5, 5.41) is 10.1. The predicted molar refractivity (Wildman–Crippen MR) is 68.2 cm³/mol. The van der Waals surface area contributed by atoms with Crippen molar-refractivity contribution in [3.05, 3.63) is 35.5 Å². The second-order valence-electron chi connectivity index (χ2n) is 4.68. The molecule has 0 aliphatic rings. The van der Waals surface area contributed by atoms with Crippen molar-refractivity contribution < 1.29 is 9.90 Å². The van der Waals surface area contributed by atoms with Gasteiger partial charge in [0.15, 0.2) is 0 Å². The molecule has 0 saturated carbocycles. The van der Waals surface area contributed by atoms with E-state index in [0.29, 0.717) is 6.42 Å². The number of fused-ring (bicyclic) bond motifs is 1. The molecule has 0 aliphatic carbocycles. The van der Waals surface area contributed by atoms with Crippen LogP contribution in [0.5, 0.6) is 0 Å². The zero-order chi connectivity index (χ0) is 12.6. The molecule has 1 N–H and O–H groups in total. The minimum atomic E-state index is -0.741. The molecule has 0 bridgehead atoms. The first-order chi connectivity index (χ1) is 7.99. The molecule has 90 valence electrons. The molecule has 3 nitrogen and oxygen atoms in total. The average Bonchev–Trinajstić information content (AvgIpc) is 2.54. The van der Waals surface area contributed by atoms with Crippen molar-refractivity contribution in [3.63, 3.8) is 0 Å². The lowest BCUT2D eigenvalue weighted by molar-refractivity contribution is -0.141. The third kappa shape index (κ3) is 2.18. The normalized spacial score (nSPS) is 12.9. The van der Waals surface area contributed by atoms with E-state index in [1.54, 1.807) is 6.92 Å². The van der Waals surface area contributed by atoms with Crippen molar-refractivity contribution in [1.82, 2.24) is 4.57 Å². The number of aryl methyl sites for hydroxylation is 2. The van der Waals surface area contributed by atoms with Crippen LogP contribution < -0.4 is 0 Å². The third-order valence-electron chi connectivity index (χ3n) is 3.31. The molecule has 0 spiro atoms. The van der Waals surface area contributed by atoms with Crippen molar-refractivity contribution in [1.29, 1.82) is 0 Å². The Hall–Kier alpha value is -1.77. The molecule has 1 aromatic heterocycles. The fraction of sp³-hybridized carbons (Fsp3) is 0.357. The molecular formula is C14H17NO2. The van der Waals surface area contributed by atoms with Gasteiger partial charge >= 0.3 is 5.97 Å². The SMILES string of the molecule is Cc1cc2cc(CC(C)C(=O)O)ccc2n1C. The van der Waals surface area contributed by atoms with Gasteiger partial charge in [0.2, 0.25) is 0 Å². The van der Waals surface area contributed by atoms with Gasteiger partial charge in [-0.15, -0.1) is 0 Å². The number of hydrogen-bond donors (Lipinski definition) is 1. The minimum absolute atomic E-state index is 0.336. The van der Waals surface area contributed by atoms with E-state index in [2.05, 4.69) is 29.7 Å². The van der Waals surface area contributed by atoms with Crippen LogP contribution in [0.25, 0.3) is 10.9 Å². The zero-order valence-corrected chi connectivity index (χ0v) is 10.4. The van der Waals surface area contributed by atoms with E-state index < -0.39 is 5.97 Å². The van der Waals surface area contributed by atoms with Crippen molar-refractivity contribution in [2.24, 2.45) is 13.0 Å². The lowest BCUT2D eigenvalue weighted by Gasteiger charge is -2.06. The third-order valence-corrected chi connectivity index (χ3v) is 3.31. The van der Waals surface area contributed by atoms with Gasteiger partial charge in [-0.1, -0.05) is 13.0 Å². The van der Waals surface area contributed by atoms with Crippen LogP contribution in [0.2, 0.25) is 0 Å². The molecule has 0 radical (unpaired) electrons. The summed E-state index contributed by atoms with van der Waals surface area (Å²) in [7, 11) is 2.04. The molecule has 0 fully saturated rings. The monoisotopic (exact) mass is 231 g/mol. The second kappa shape index (κ2) is 4.24. The van der Waals surface area contributed by atoms with E-state index in [9.17, 15) is 4.79 Å². The Kier molecular flexibility index (Phi) is 2.92. The molecule has 2 aromatic rings. The van der Waals surface area contributed by atoms with Gasteiger partial charge in [-0.25, -0.2) is 0 Å². The Bertz CT molecular complexity index is 569. The molecule has 2 rings (SSSR count). The van der Waals surface area contributed by atoms with E-state index in [-0.39, 0.29) is 5.92 Å². The van der Waals surface area contributed by atoms with Crippen LogP contribution in [0.1, 0.15) is 18.2 Å². The van der Waals surface area contributed by atoms with Gasteiger partial charge in [0.05, 0.1) is 5.92 Å². The van der Waals surface area contributed by atoms with E-state index in [1.165, 1.54) is 16.6 Å². The van der Waals surface area contributed by atoms with Crippen LogP contribution >= 0.6 is 0 Å². The fourth-order valence-electron chi connectivity index (χ4n) is 2.10. The molecule has 1 aromatic carbocycles. The Morgan fingerprint density at radius 1 is 1.41 bits per heavy atom. The summed E-state index contributed by atoms with van der Waals surface area (Å²) in [4.78, 5) is 10.8. The molecule has 1 atom stereocenters. The second-order valence-corrected chi connectivity index (χ2v) is 4.68. The number of hydrogen-bond acceptors (Lipinski definition) is 1. The maximum absolute atomic E-state index is 10.8. The van der Waals surface area contributed by atoms with Crippen LogP contribution in [0, 0.1) is 12.8 Å². The molecular weight excluding hydrogens is 214 g/mol. The number of aliphatic carboxylic acids is 1. The number of nitrogens with zero attached hydrogens (tertiary/aromatic N) is 1. The van der Waals surface area contributed by atoms with Gasteiger partial charge in [-0.05, 0) is 37.1 Å². The summed E-state index contributed by atoms with van der Waals surface area (Å²) in [6, 6.07) is 8.29. The average molecular weight is 231 g/mol. The Morgan fingerprint density at radius 3 is 2.76 bits per heavy atom. The van der Waals surface area contributed by atoms with Gasteiger partial charge in [-0.2, -0.15) is 0 Å². The number of carboxylic acids is 1. The summed E-state index contributed by atoms with van der Waals surface area (Å²) in [5.74, 6) is -1.08. The maximum Gasteiger partial charge on any atom is 0.306 e. The number of rotatable bonds is 3. The highest BCUT2D eigenvalue weighted by atomic mass is 16.4. The van der Waals surface area contributed by atoms with E-state index in [4.69, 9.17) is 5.11 Å². The molecule has 0 aliphatic heterocycles. The highest BCUT2D eigenvalue weighted by molar-refractivity contribution is 5.82. The lowest BCUT2D eigenvalue weighted by Crippen LogP contribution is -2.12. The topological polar surface area (TPSA) is 42.2 Å². The Balaban J connectivity index is 2.35. The zero-order valence-electron chi connectivity index (χ0n) is 10.4. The Labute approximate surface area is 101 Å². The largest absolute Gasteiger partial charge is 0.481 e. The molecule has 0 amide bonds. The van der Waals surface area contributed by atoms with Crippen molar-refractivity contribution in [2.45, 2.75) is 20.3 Å². The van der Waals surface area contributed by atoms with E-state index in [0.717, 1.165) is 5.56 Å². The molecule has 3 heteroatoms. The molecule has 0 saturated heterocycles. The van der Waals surface area contributed by atoms with Crippen LogP contribution in [-0.4, -0.2) is 15.6 Å². The summed E-state index contributed by atoms with van der Waals surface area (Å²) >= 11 is 0. The summed E-state index contributed by atoms with van der Waals surface area (Å²) < 4.78 is 2.14. The maximum atomic E-state index is 10.8. The summed E-state index contributed by atoms with van der Waals surface area (Å²) in [5.41, 5.74) is 3.48. The highest BCUT2D eigenvalue weighted by Crippen LogP contribution is 2.21. The number of aromatic nitrogens is 1. The predicted octanol–water partition coefficient (Wildman–Crippen LogP) is 2.75. The van der Waals surface area contributed by atoms with Crippen molar-refractivity contribution in [3.8, 4) is 0 Å². The van der Waals surface area contributed by atoms with Crippen LogP contribution in [0.4, 0.5) is 0 Å². The van der Waals surface area contributed by atoms with E-state index >= 15 is 0 Å². The minimum Gasteiger partial charge on any atom is -0.481 e. The van der Waals surface area contributed by atoms with E-state index in [1.807, 2.05) is 13.1 Å². The summed E-state index contributed by atoms with van der Waals surface area (Å²) in [6.45, 7) is 3.81. The van der Waals surface area contributed by atoms with Gasteiger partial charge in [0, 0.05) is 23.6 Å².